The van der Waals surface area contributed by atoms with E-state index in [1.165, 1.54) is 12.8 Å². The first-order valence-electron chi connectivity index (χ1n) is 5.37. The van der Waals surface area contributed by atoms with Crippen molar-refractivity contribution in [3.8, 4) is 0 Å². The molecule has 2 unspecified atom stereocenters. The summed E-state index contributed by atoms with van der Waals surface area (Å²) in [4.78, 5) is 0. The van der Waals surface area contributed by atoms with Gasteiger partial charge < -0.3 is 5.11 Å². The van der Waals surface area contributed by atoms with Gasteiger partial charge in [-0.2, -0.15) is 0 Å². The first-order valence-corrected chi connectivity index (χ1v) is 5.37. The fraction of sp³-hybridized carbons (Fsp3) is 1.00. The van der Waals surface area contributed by atoms with E-state index in [4.69, 9.17) is 0 Å². The van der Waals surface area contributed by atoms with E-state index in [9.17, 15) is 5.11 Å². The van der Waals surface area contributed by atoms with Gasteiger partial charge in [0, 0.05) is 0 Å². The Kier molecular flexibility index (Phi) is 3.57. The molecule has 12 heavy (non-hydrogen) atoms. The predicted octanol–water partition coefficient (Wildman–Crippen LogP) is 2.83. The summed E-state index contributed by atoms with van der Waals surface area (Å²) in [6.45, 7) is 6.70. The highest BCUT2D eigenvalue weighted by Crippen LogP contribution is 2.36. The molecule has 1 fully saturated rings. The van der Waals surface area contributed by atoms with E-state index >= 15 is 0 Å². The molecule has 1 aliphatic rings. The maximum Gasteiger partial charge on any atom is 0.0596 e. The van der Waals surface area contributed by atoms with E-state index in [0.29, 0.717) is 11.8 Å². The lowest BCUT2D eigenvalue weighted by molar-refractivity contribution is -0.00355. The van der Waals surface area contributed by atoms with E-state index in [1.54, 1.807) is 0 Å². The zero-order chi connectivity index (χ0) is 9.14. The standard InChI is InChI=1S/C11H22O/c1-4-9-6-8(3)7-10(5-2)11(9)12/h8-12H,4-7H2,1-3H3. The van der Waals surface area contributed by atoms with Crippen LogP contribution >= 0.6 is 0 Å². The summed E-state index contributed by atoms with van der Waals surface area (Å²) < 4.78 is 0. The Morgan fingerprint density at radius 1 is 1.08 bits per heavy atom. The van der Waals surface area contributed by atoms with Crippen LogP contribution in [0.1, 0.15) is 46.5 Å². The third-order valence-corrected chi connectivity index (χ3v) is 3.42. The van der Waals surface area contributed by atoms with Crippen LogP contribution in [-0.2, 0) is 0 Å². The summed E-state index contributed by atoms with van der Waals surface area (Å²) in [5.74, 6) is 1.96. The molecule has 0 aromatic carbocycles. The maximum absolute atomic E-state index is 9.95. The Morgan fingerprint density at radius 3 is 1.83 bits per heavy atom. The predicted molar refractivity (Wildman–Crippen MR) is 52.0 cm³/mol. The normalized spacial score (nSPS) is 43.0. The third kappa shape index (κ3) is 2.01. The van der Waals surface area contributed by atoms with Gasteiger partial charge in [-0.15, -0.1) is 0 Å². The van der Waals surface area contributed by atoms with Crippen molar-refractivity contribution in [2.75, 3.05) is 0 Å². The topological polar surface area (TPSA) is 20.2 Å². The Hall–Kier alpha value is -0.0400. The Morgan fingerprint density at radius 2 is 1.50 bits per heavy atom. The molecule has 1 saturated carbocycles. The Balaban J connectivity index is 2.55. The second kappa shape index (κ2) is 4.27. The largest absolute Gasteiger partial charge is 0.393 e. The monoisotopic (exact) mass is 170 g/mol. The molecule has 0 aromatic heterocycles. The van der Waals surface area contributed by atoms with Gasteiger partial charge in [-0.05, 0) is 30.6 Å². The molecule has 0 aliphatic heterocycles. The first-order chi connectivity index (χ1) is 5.69. The van der Waals surface area contributed by atoms with Gasteiger partial charge in [-0.1, -0.05) is 33.6 Å². The summed E-state index contributed by atoms with van der Waals surface area (Å²) in [7, 11) is 0. The summed E-state index contributed by atoms with van der Waals surface area (Å²) in [6, 6.07) is 0. The molecule has 2 atom stereocenters. The number of hydrogen-bond donors (Lipinski definition) is 1. The van der Waals surface area contributed by atoms with Gasteiger partial charge in [0.25, 0.3) is 0 Å². The molecular weight excluding hydrogens is 148 g/mol. The van der Waals surface area contributed by atoms with Crippen LogP contribution in [0.5, 0.6) is 0 Å². The van der Waals surface area contributed by atoms with Gasteiger partial charge in [0.2, 0.25) is 0 Å². The van der Waals surface area contributed by atoms with Gasteiger partial charge in [0.15, 0.2) is 0 Å². The fourth-order valence-corrected chi connectivity index (χ4v) is 2.61. The van der Waals surface area contributed by atoms with Gasteiger partial charge in [0.05, 0.1) is 6.10 Å². The molecule has 0 saturated heterocycles. The summed E-state index contributed by atoms with van der Waals surface area (Å²) in [6.07, 6.45) is 4.72. The van der Waals surface area contributed by atoms with Crippen molar-refractivity contribution < 1.29 is 5.11 Å². The van der Waals surface area contributed by atoms with Crippen LogP contribution in [0, 0.1) is 17.8 Å². The summed E-state index contributed by atoms with van der Waals surface area (Å²) in [5.41, 5.74) is 0. The van der Waals surface area contributed by atoms with Crippen LogP contribution in [0.15, 0.2) is 0 Å². The van der Waals surface area contributed by atoms with Crippen molar-refractivity contribution in [2.45, 2.75) is 52.6 Å². The number of hydrogen-bond acceptors (Lipinski definition) is 1. The van der Waals surface area contributed by atoms with Crippen LogP contribution < -0.4 is 0 Å². The van der Waals surface area contributed by atoms with Gasteiger partial charge in [-0.25, -0.2) is 0 Å². The van der Waals surface area contributed by atoms with Crippen molar-refractivity contribution in [1.82, 2.24) is 0 Å². The second-order valence-corrected chi connectivity index (χ2v) is 4.40. The molecule has 1 heteroatoms. The van der Waals surface area contributed by atoms with Crippen LogP contribution in [0.3, 0.4) is 0 Å². The lowest BCUT2D eigenvalue weighted by Crippen LogP contribution is -2.35. The molecule has 0 amide bonds. The molecule has 0 heterocycles. The van der Waals surface area contributed by atoms with E-state index < -0.39 is 0 Å². The highest BCUT2D eigenvalue weighted by atomic mass is 16.3. The van der Waals surface area contributed by atoms with Gasteiger partial charge in [-0.3, -0.25) is 0 Å². The minimum absolute atomic E-state index is 0.0174. The molecular formula is C11H22O. The SMILES string of the molecule is CCC1CC(C)CC(CC)C1O. The summed E-state index contributed by atoms with van der Waals surface area (Å²) >= 11 is 0. The fourth-order valence-electron chi connectivity index (χ4n) is 2.61. The number of aliphatic hydroxyl groups excluding tert-OH is 1. The van der Waals surface area contributed by atoms with Crippen LogP contribution in [-0.4, -0.2) is 11.2 Å². The van der Waals surface area contributed by atoms with Crippen LogP contribution in [0.25, 0.3) is 0 Å². The van der Waals surface area contributed by atoms with E-state index in [1.807, 2.05) is 0 Å². The smallest absolute Gasteiger partial charge is 0.0596 e. The zero-order valence-corrected chi connectivity index (χ0v) is 8.59. The van der Waals surface area contributed by atoms with Crippen LogP contribution in [0.2, 0.25) is 0 Å². The first kappa shape index (κ1) is 10.0. The van der Waals surface area contributed by atoms with Crippen molar-refractivity contribution in [2.24, 2.45) is 17.8 Å². The average Bonchev–Trinajstić information content (AvgIpc) is 2.08. The molecule has 72 valence electrons. The minimum Gasteiger partial charge on any atom is -0.393 e. The summed E-state index contributed by atoms with van der Waals surface area (Å²) in [5, 5.41) is 9.95. The van der Waals surface area contributed by atoms with Crippen molar-refractivity contribution in [3.05, 3.63) is 0 Å². The molecule has 0 spiro atoms. The Bertz CT molecular complexity index is 119. The molecule has 1 aliphatic carbocycles. The quantitative estimate of drug-likeness (QED) is 0.675. The van der Waals surface area contributed by atoms with E-state index in [2.05, 4.69) is 20.8 Å². The molecule has 0 bridgehead atoms. The van der Waals surface area contributed by atoms with Crippen molar-refractivity contribution in [1.29, 1.82) is 0 Å². The Labute approximate surface area is 76.2 Å². The molecule has 0 aromatic rings. The molecule has 0 radical (unpaired) electrons. The van der Waals surface area contributed by atoms with Gasteiger partial charge >= 0.3 is 0 Å². The maximum atomic E-state index is 9.95. The third-order valence-electron chi connectivity index (χ3n) is 3.42. The average molecular weight is 170 g/mol. The van der Waals surface area contributed by atoms with Gasteiger partial charge in [0.1, 0.15) is 0 Å². The minimum atomic E-state index is -0.0174. The lowest BCUT2D eigenvalue weighted by atomic mass is 9.72. The lowest BCUT2D eigenvalue weighted by Gasteiger charge is -2.37. The molecule has 1 nitrogen and oxygen atoms in total. The number of rotatable bonds is 2. The van der Waals surface area contributed by atoms with Crippen LogP contribution in [0.4, 0.5) is 0 Å². The van der Waals surface area contributed by atoms with Crippen molar-refractivity contribution in [3.63, 3.8) is 0 Å². The second-order valence-electron chi connectivity index (χ2n) is 4.40. The molecule has 1 N–H and O–H groups in total. The highest BCUT2D eigenvalue weighted by Gasteiger charge is 2.32. The number of aliphatic hydroxyl groups is 1. The van der Waals surface area contributed by atoms with Crippen molar-refractivity contribution >= 4 is 0 Å². The van der Waals surface area contributed by atoms with E-state index in [-0.39, 0.29) is 6.10 Å². The molecule has 1 rings (SSSR count). The van der Waals surface area contributed by atoms with E-state index in [0.717, 1.165) is 18.8 Å². The zero-order valence-electron chi connectivity index (χ0n) is 8.59. The highest BCUT2D eigenvalue weighted by molar-refractivity contribution is 4.83.